The van der Waals surface area contributed by atoms with Crippen molar-refractivity contribution in [3.63, 3.8) is 0 Å². The summed E-state index contributed by atoms with van der Waals surface area (Å²) in [6, 6.07) is 0. The molecule has 2 atom stereocenters. The first-order chi connectivity index (χ1) is 7.69. The molecule has 0 aliphatic heterocycles. The molecule has 1 rings (SSSR count). The molecule has 1 fully saturated rings. The van der Waals surface area contributed by atoms with E-state index in [0.717, 1.165) is 5.92 Å². The van der Waals surface area contributed by atoms with Gasteiger partial charge in [-0.2, -0.15) is 0 Å². The van der Waals surface area contributed by atoms with E-state index in [2.05, 4.69) is 27.2 Å². The van der Waals surface area contributed by atoms with Crippen LogP contribution in [0.5, 0.6) is 0 Å². The molecule has 0 spiro atoms. The highest BCUT2D eigenvalue weighted by Crippen LogP contribution is 2.40. The lowest BCUT2D eigenvalue weighted by Gasteiger charge is -2.36. The molecule has 0 heteroatoms. The lowest BCUT2D eigenvalue weighted by molar-refractivity contribution is 0.204. The third-order valence-corrected chi connectivity index (χ3v) is 4.65. The molecule has 1 radical (unpaired) electrons. The average Bonchev–Trinajstić information content (AvgIpc) is 2.29. The van der Waals surface area contributed by atoms with E-state index in [1.165, 1.54) is 64.2 Å². The van der Waals surface area contributed by atoms with Gasteiger partial charge in [-0.3, -0.25) is 0 Å². The molecule has 0 aromatic rings. The third kappa shape index (κ3) is 4.47. The van der Waals surface area contributed by atoms with Gasteiger partial charge in [0.25, 0.3) is 0 Å². The molecule has 95 valence electrons. The summed E-state index contributed by atoms with van der Waals surface area (Å²) in [5.41, 5.74) is 0.513. The minimum atomic E-state index is 0.513. The molecule has 1 aliphatic rings. The molecule has 0 heterocycles. The lowest BCUT2D eigenvalue weighted by atomic mass is 9.69. The van der Waals surface area contributed by atoms with E-state index in [1.54, 1.807) is 0 Å². The summed E-state index contributed by atoms with van der Waals surface area (Å²) in [7, 11) is 0. The second-order valence-corrected chi connectivity index (χ2v) is 6.03. The largest absolute Gasteiger partial charge is 0.0651 e. The van der Waals surface area contributed by atoms with Gasteiger partial charge in [0.15, 0.2) is 0 Å². The minimum Gasteiger partial charge on any atom is -0.0651 e. The Morgan fingerprint density at radius 2 is 1.56 bits per heavy atom. The summed E-state index contributed by atoms with van der Waals surface area (Å²) >= 11 is 0. The minimum absolute atomic E-state index is 0.513. The summed E-state index contributed by atoms with van der Waals surface area (Å²) in [5.74, 6) is 0.880. The standard InChI is InChI=1S/C16H31/c1-4-13-16(3)14-11-9-7-5-6-8-10-12-15(16)2/h13,15H,4-12,14H2,1-3H3. The Morgan fingerprint density at radius 3 is 2.19 bits per heavy atom. The Morgan fingerprint density at radius 1 is 1.00 bits per heavy atom. The van der Waals surface area contributed by atoms with Gasteiger partial charge >= 0.3 is 0 Å². The van der Waals surface area contributed by atoms with Crippen LogP contribution in [-0.2, 0) is 0 Å². The predicted octanol–water partition coefficient (Wildman–Crippen LogP) is 5.77. The Balaban J connectivity index is 2.53. The summed E-state index contributed by atoms with van der Waals surface area (Å²) in [5, 5.41) is 0. The molecular formula is C16H31. The van der Waals surface area contributed by atoms with Crippen LogP contribution in [0.3, 0.4) is 0 Å². The van der Waals surface area contributed by atoms with Crippen LogP contribution in [0, 0.1) is 17.8 Å². The molecule has 0 aromatic heterocycles. The zero-order valence-corrected chi connectivity index (χ0v) is 11.7. The van der Waals surface area contributed by atoms with Gasteiger partial charge < -0.3 is 0 Å². The maximum absolute atomic E-state index is 2.59. The van der Waals surface area contributed by atoms with Crippen molar-refractivity contribution in [2.24, 2.45) is 11.3 Å². The molecule has 1 saturated carbocycles. The lowest BCUT2D eigenvalue weighted by Crippen LogP contribution is -2.26. The molecule has 0 N–H and O–H groups in total. The highest BCUT2D eigenvalue weighted by atomic mass is 14.3. The van der Waals surface area contributed by atoms with Crippen LogP contribution in [0.25, 0.3) is 0 Å². The number of hydrogen-bond donors (Lipinski definition) is 0. The first-order valence-corrected chi connectivity index (χ1v) is 7.53. The van der Waals surface area contributed by atoms with Crippen molar-refractivity contribution in [3.8, 4) is 0 Å². The van der Waals surface area contributed by atoms with Gasteiger partial charge in [-0.05, 0) is 24.2 Å². The van der Waals surface area contributed by atoms with Crippen molar-refractivity contribution >= 4 is 0 Å². The summed E-state index contributed by atoms with van der Waals surface area (Å²) in [4.78, 5) is 0. The summed E-state index contributed by atoms with van der Waals surface area (Å²) in [6.07, 6.45) is 16.9. The summed E-state index contributed by atoms with van der Waals surface area (Å²) in [6.45, 7) is 7.27. The zero-order chi connectivity index (χ0) is 11.9. The van der Waals surface area contributed by atoms with Crippen LogP contribution in [0.2, 0.25) is 0 Å². The Hall–Kier alpha value is 0. The summed E-state index contributed by atoms with van der Waals surface area (Å²) < 4.78 is 0. The molecule has 2 unspecified atom stereocenters. The van der Waals surface area contributed by atoms with E-state index < -0.39 is 0 Å². The van der Waals surface area contributed by atoms with Crippen LogP contribution in [0.1, 0.15) is 85.0 Å². The Bertz CT molecular complexity index is 173. The van der Waals surface area contributed by atoms with Gasteiger partial charge in [0.1, 0.15) is 0 Å². The second-order valence-electron chi connectivity index (χ2n) is 6.03. The van der Waals surface area contributed by atoms with E-state index in [1.807, 2.05) is 0 Å². The fourth-order valence-electron chi connectivity index (χ4n) is 3.19. The van der Waals surface area contributed by atoms with Crippen molar-refractivity contribution in [3.05, 3.63) is 6.42 Å². The molecule has 16 heavy (non-hydrogen) atoms. The van der Waals surface area contributed by atoms with Crippen LogP contribution in [-0.4, -0.2) is 0 Å². The highest BCUT2D eigenvalue weighted by molar-refractivity contribution is 4.91. The number of rotatable bonds is 2. The molecule has 0 aromatic carbocycles. The smallest absolute Gasteiger partial charge is 0.0269 e. The predicted molar refractivity (Wildman–Crippen MR) is 73.4 cm³/mol. The third-order valence-electron chi connectivity index (χ3n) is 4.65. The first-order valence-electron chi connectivity index (χ1n) is 7.53. The van der Waals surface area contributed by atoms with Crippen LogP contribution < -0.4 is 0 Å². The van der Waals surface area contributed by atoms with Crippen LogP contribution in [0.4, 0.5) is 0 Å². The van der Waals surface area contributed by atoms with Crippen LogP contribution >= 0.6 is 0 Å². The van der Waals surface area contributed by atoms with Crippen molar-refractivity contribution in [1.82, 2.24) is 0 Å². The Kier molecular flexibility index (Phi) is 6.46. The van der Waals surface area contributed by atoms with Crippen molar-refractivity contribution in [2.75, 3.05) is 0 Å². The molecule has 0 bridgehead atoms. The van der Waals surface area contributed by atoms with Crippen molar-refractivity contribution in [1.29, 1.82) is 0 Å². The SMILES string of the molecule is CC[CH]C1(C)CCCCCCCCCC1C. The topological polar surface area (TPSA) is 0 Å². The van der Waals surface area contributed by atoms with E-state index in [-0.39, 0.29) is 0 Å². The van der Waals surface area contributed by atoms with Gasteiger partial charge in [0.05, 0.1) is 0 Å². The molecule has 0 saturated heterocycles. The van der Waals surface area contributed by atoms with E-state index >= 15 is 0 Å². The van der Waals surface area contributed by atoms with Crippen LogP contribution in [0.15, 0.2) is 0 Å². The molecular weight excluding hydrogens is 192 g/mol. The fraction of sp³-hybridized carbons (Fsp3) is 0.938. The maximum Gasteiger partial charge on any atom is -0.0269 e. The normalized spacial score (nSPS) is 34.3. The van der Waals surface area contributed by atoms with Gasteiger partial charge in [0, 0.05) is 0 Å². The molecule has 0 amide bonds. The van der Waals surface area contributed by atoms with E-state index in [4.69, 9.17) is 0 Å². The van der Waals surface area contributed by atoms with Gasteiger partial charge in [-0.15, -0.1) is 0 Å². The molecule has 0 nitrogen and oxygen atoms in total. The fourth-order valence-corrected chi connectivity index (χ4v) is 3.19. The van der Waals surface area contributed by atoms with Crippen molar-refractivity contribution < 1.29 is 0 Å². The highest BCUT2D eigenvalue weighted by Gasteiger charge is 2.29. The second kappa shape index (κ2) is 7.35. The van der Waals surface area contributed by atoms with Gasteiger partial charge in [-0.1, -0.05) is 78.6 Å². The van der Waals surface area contributed by atoms with E-state index in [0.29, 0.717) is 5.41 Å². The zero-order valence-electron chi connectivity index (χ0n) is 11.7. The first kappa shape index (κ1) is 14.1. The monoisotopic (exact) mass is 223 g/mol. The number of hydrogen-bond acceptors (Lipinski definition) is 0. The van der Waals surface area contributed by atoms with E-state index in [9.17, 15) is 0 Å². The average molecular weight is 223 g/mol. The van der Waals surface area contributed by atoms with Gasteiger partial charge in [0.2, 0.25) is 0 Å². The molecule has 1 aliphatic carbocycles. The van der Waals surface area contributed by atoms with Crippen molar-refractivity contribution in [2.45, 2.75) is 85.0 Å². The quantitative estimate of drug-likeness (QED) is 0.557. The maximum atomic E-state index is 2.59. The van der Waals surface area contributed by atoms with Gasteiger partial charge in [-0.25, -0.2) is 0 Å². The Labute approximate surface area is 103 Å².